The average Bonchev–Trinajstić information content (AvgIpc) is 2.97. The van der Waals surface area contributed by atoms with Gasteiger partial charge in [0.05, 0.1) is 16.8 Å². The van der Waals surface area contributed by atoms with Gasteiger partial charge in [0.25, 0.3) is 0 Å². The Kier molecular flexibility index (Phi) is 3.52. The van der Waals surface area contributed by atoms with Crippen molar-refractivity contribution in [1.82, 2.24) is 14.8 Å². The summed E-state index contributed by atoms with van der Waals surface area (Å²) < 4.78 is 1.77. The van der Waals surface area contributed by atoms with E-state index >= 15 is 0 Å². The molecule has 0 amide bonds. The molecule has 0 radical (unpaired) electrons. The molecule has 4 nitrogen and oxygen atoms in total. The fourth-order valence-electron chi connectivity index (χ4n) is 2.49. The van der Waals surface area contributed by atoms with E-state index in [1.807, 2.05) is 50.2 Å². The van der Waals surface area contributed by atoms with E-state index in [2.05, 4.69) is 10.1 Å². The first-order valence-electron chi connectivity index (χ1n) is 7.19. The molecule has 1 aromatic carbocycles. The molecule has 0 saturated carbocycles. The minimum atomic E-state index is -0.0200. The number of hydrogen-bond acceptors (Lipinski definition) is 3. The molecule has 0 spiro atoms. The Hall–Kier alpha value is -2.49. The molecule has 0 aliphatic carbocycles. The van der Waals surface area contributed by atoms with E-state index in [-0.39, 0.29) is 5.78 Å². The zero-order valence-electron chi connectivity index (χ0n) is 12.2. The van der Waals surface area contributed by atoms with Crippen LogP contribution < -0.4 is 0 Å². The number of carbonyl (C=O) groups excluding carboxylic acids is 1. The van der Waals surface area contributed by atoms with Crippen molar-refractivity contribution in [2.24, 2.45) is 0 Å². The van der Waals surface area contributed by atoms with Gasteiger partial charge in [0.15, 0.2) is 0 Å². The number of aryl methyl sites for hydroxylation is 2. The topological polar surface area (TPSA) is 47.8 Å². The average molecular weight is 279 g/mol. The van der Waals surface area contributed by atoms with Crippen LogP contribution in [0.3, 0.4) is 0 Å². The minimum absolute atomic E-state index is 0.0200. The van der Waals surface area contributed by atoms with Crippen LogP contribution in [-0.4, -0.2) is 20.5 Å². The fraction of sp³-hybridized carbons (Fsp3) is 0.235. The first kappa shape index (κ1) is 13.5. The second kappa shape index (κ2) is 5.48. The molecule has 0 bridgehead atoms. The second-order valence-corrected chi connectivity index (χ2v) is 4.90. The maximum absolute atomic E-state index is 12.9. The summed E-state index contributed by atoms with van der Waals surface area (Å²) in [5, 5.41) is 5.42. The summed E-state index contributed by atoms with van der Waals surface area (Å²) in [6, 6.07) is 11.4. The van der Waals surface area contributed by atoms with Crippen molar-refractivity contribution < 1.29 is 4.79 Å². The van der Waals surface area contributed by atoms with Gasteiger partial charge in [0, 0.05) is 18.1 Å². The molecule has 3 rings (SSSR count). The lowest BCUT2D eigenvalue weighted by Gasteiger charge is -2.06. The van der Waals surface area contributed by atoms with Crippen molar-refractivity contribution in [3.05, 3.63) is 59.5 Å². The zero-order valence-corrected chi connectivity index (χ0v) is 12.2. The van der Waals surface area contributed by atoms with Gasteiger partial charge in [-0.1, -0.05) is 25.1 Å². The van der Waals surface area contributed by atoms with Crippen LogP contribution in [0.25, 0.3) is 10.9 Å². The standard InChI is InChI=1S/C17H17N3O/c1-3-13-11-15(20(4-2)19-13)17(21)14-9-5-7-12-8-6-10-18-16(12)14/h5-11H,3-4H2,1-2H3. The van der Waals surface area contributed by atoms with E-state index in [1.165, 1.54) is 0 Å². The summed E-state index contributed by atoms with van der Waals surface area (Å²) in [7, 11) is 0. The SMILES string of the molecule is CCc1cc(C(=O)c2cccc3cccnc23)n(CC)n1. The lowest BCUT2D eigenvalue weighted by Crippen LogP contribution is -2.11. The van der Waals surface area contributed by atoms with Crippen LogP contribution in [0.5, 0.6) is 0 Å². The van der Waals surface area contributed by atoms with E-state index in [1.54, 1.807) is 10.9 Å². The van der Waals surface area contributed by atoms with Crippen LogP contribution in [0.2, 0.25) is 0 Å². The molecule has 2 heterocycles. The van der Waals surface area contributed by atoms with E-state index in [0.29, 0.717) is 17.8 Å². The summed E-state index contributed by atoms with van der Waals surface area (Å²) in [6.45, 7) is 4.71. The summed E-state index contributed by atoms with van der Waals surface area (Å²) in [6.07, 6.45) is 2.54. The first-order valence-corrected chi connectivity index (χ1v) is 7.19. The van der Waals surface area contributed by atoms with Crippen molar-refractivity contribution in [2.75, 3.05) is 0 Å². The molecule has 21 heavy (non-hydrogen) atoms. The Balaban J connectivity index is 2.15. The Morgan fingerprint density at radius 2 is 2.00 bits per heavy atom. The van der Waals surface area contributed by atoms with Crippen LogP contribution in [0.4, 0.5) is 0 Å². The third kappa shape index (κ3) is 2.33. The monoisotopic (exact) mass is 279 g/mol. The third-order valence-corrected chi connectivity index (χ3v) is 3.60. The second-order valence-electron chi connectivity index (χ2n) is 4.90. The number of para-hydroxylation sites is 1. The molecule has 0 saturated heterocycles. The molecule has 0 fully saturated rings. The predicted octanol–water partition coefficient (Wildman–Crippen LogP) is 3.24. The summed E-state index contributed by atoms with van der Waals surface area (Å²) in [5.41, 5.74) is 2.94. The van der Waals surface area contributed by atoms with Gasteiger partial charge in [-0.25, -0.2) is 0 Å². The summed E-state index contributed by atoms with van der Waals surface area (Å²) >= 11 is 0. The molecule has 0 aliphatic rings. The van der Waals surface area contributed by atoms with E-state index in [9.17, 15) is 4.79 Å². The van der Waals surface area contributed by atoms with Gasteiger partial charge in [0.2, 0.25) is 5.78 Å². The number of fused-ring (bicyclic) bond motifs is 1. The third-order valence-electron chi connectivity index (χ3n) is 3.60. The number of ketones is 1. The molecule has 0 atom stereocenters. The predicted molar refractivity (Wildman–Crippen MR) is 82.5 cm³/mol. The number of carbonyl (C=O) groups is 1. The quantitative estimate of drug-likeness (QED) is 0.689. The van der Waals surface area contributed by atoms with Gasteiger partial charge in [-0.3, -0.25) is 14.5 Å². The zero-order chi connectivity index (χ0) is 14.8. The number of benzene rings is 1. The van der Waals surface area contributed by atoms with Gasteiger partial charge in [-0.2, -0.15) is 5.10 Å². The maximum Gasteiger partial charge on any atom is 0.213 e. The molecule has 106 valence electrons. The molecule has 0 N–H and O–H groups in total. The molecule has 2 aromatic heterocycles. The highest BCUT2D eigenvalue weighted by atomic mass is 16.1. The lowest BCUT2D eigenvalue weighted by molar-refractivity contribution is 0.103. The number of rotatable bonds is 4. The van der Waals surface area contributed by atoms with Crippen LogP contribution >= 0.6 is 0 Å². The van der Waals surface area contributed by atoms with Crippen molar-refractivity contribution in [2.45, 2.75) is 26.8 Å². The van der Waals surface area contributed by atoms with Crippen LogP contribution in [0, 0.1) is 0 Å². The molecular formula is C17H17N3O. The van der Waals surface area contributed by atoms with Crippen molar-refractivity contribution in [3.8, 4) is 0 Å². The van der Waals surface area contributed by atoms with Gasteiger partial charge in [0.1, 0.15) is 5.69 Å². The Morgan fingerprint density at radius 1 is 1.19 bits per heavy atom. The first-order chi connectivity index (χ1) is 10.2. The molecule has 3 aromatic rings. The van der Waals surface area contributed by atoms with Crippen molar-refractivity contribution >= 4 is 16.7 Å². The van der Waals surface area contributed by atoms with Gasteiger partial charge >= 0.3 is 0 Å². The van der Waals surface area contributed by atoms with Crippen LogP contribution in [0.1, 0.15) is 35.6 Å². The Bertz CT molecular complexity index is 799. The molecule has 0 aliphatic heterocycles. The number of hydrogen-bond donors (Lipinski definition) is 0. The Morgan fingerprint density at radius 3 is 2.76 bits per heavy atom. The Labute approximate surface area is 123 Å². The van der Waals surface area contributed by atoms with E-state index < -0.39 is 0 Å². The maximum atomic E-state index is 12.9. The van der Waals surface area contributed by atoms with Gasteiger partial charge in [-0.15, -0.1) is 0 Å². The highest BCUT2D eigenvalue weighted by molar-refractivity contribution is 6.14. The van der Waals surface area contributed by atoms with Crippen LogP contribution in [-0.2, 0) is 13.0 Å². The largest absolute Gasteiger partial charge is 0.287 e. The summed E-state index contributed by atoms with van der Waals surface area (Å²) in [5.74, 6) is -0.0200. The van der Waals surface area contributed by atoms with Gasteiger partial charge < -0.3 is 0 Å². The van der Waals surface area contributed by atoms with Crippen molar-refractivity contribution in [1.29, 1.82) is 0 Å². The smallest absolute Gasteiger partial charge is 0.213 e. The van der Waals surface area contributed by atoms with E-state index in [0.717, 1.165) is 23.0 Å². The number of pyridine rings is 1. The lowest BCUT2D eigenvalue weighted by atomic mass is 10.0. The molecule has 0 unspecified atom stereocenters. The minimum Gasteiger partial charge on any atom is -0.287 e. The van der Waals surface area contributed by atoms with Gasteiger partial charge in [-0.05, 0) is 31.5 Å². The number of nitrogens with zero attached hydrogens (tertiary/aromatic N) is 3. The van der Waals surface area contributed by atoms with Crippen molar-refractivity contribution in [3.63, 3.8) is 0 Å². The normalized spacial score (nSPS) is 11.0. The number of aromatic nitrogens is 3. The molecular weight excluding hydrogens is 262 g/mol. The summed E-state index contributed by atoms with van der Waals surface area (Å²) in [4.78, 5) is 17.2. The van der Waals surface area contributed by atoms with E-state index in [4.69, 9.17) is 0 Å². The highest BCUT2D eigenvalue weighted by Crippen LogP contribution is 2.20. The van der Waals surface area contributed by atoms with Crippen LogP contribution in [0.15, 0.2) is 42.6 Å². The fourth-order valence-corrected chi connectivity index (χ4v) is 2.49. The highest BCUT2D eigenvalue weighted by Gasteiger charge is 2.18. The molecule has 4 heteroatoms.